The van der Waals surface area contributed by atoms with Crippen molar-refractivity contribution in [2.24, 2.45) is 0 Å². The third-order valence-corrected chi connectivity index (χ3v) is 3.51. The van der Waals surface area contributed by atoms with Crippen molar-refractivity contribution in [1.29, 1.82) is 0 Å². The predicted octanol–water partition coefficient (Wildman–Crippen LogP) is 3.15. The zero-order valence-electron chi connectivity index (χ0n) is 13.9. The van der Waals surface area contributed by atoms with E-state index in [4.69, 9.17) is 0 Å². The van der Waals surface area contributed by atoms with E-state index >= 15 is 0 Å². The van der Waals surface area contributed by atoms with Crippen LogP contribution in [0.1, 0.15) is 15.9 Å². The molecule has 132 valence electrons. The van der Waals surface area contributed by atoms with Crippen molar-refractivity contribution in [3.63, 3.8) is 0 Å². The predicted molar refractivity (Wildman–Crippen MR) is 94.6 cm³/mol. The molecule has 0 atom stereocenters. The van der Waals surface area contributed by atoms with Crippen LogP contribution in [0.4, 0.5) is 21.8 Å². The number of rotatable bonds is 6. The van der Waals surface area contributed by atoms with Gasteiger partial charge in [0.2, 0.25) is 5.95 Å². The second-order valence-corrected chi connectivity index (χ2v) is 5.34. The average molecular weight is 353 g/mol. The highest BCUT2D eigenvalue weighted by atomic mass is 19.1. The van der Waals surface area contributed by atoms with Crippen molar-refractivity contribution in [1.82, 2.24) is 15.2 Å². The first-order chi connectivity index (χ1) is 12.6. The Hall–Kier alpha value is -3.55. The maximum atomic E-state index is 12.9. The van der Waals surface area contributed by atoms with Gasteiger partial charge in [0.25, 0.3) is 0 Å². The van der Waals surface area contributed by atoms with E-state index in [-0.39, 0.29) is 5.82 Å². The molecule has 0 aliphatic heterocycles. The minimum Gasteiger partial charge on any atom is -0.465 e. The lowest BCUT2D eigenvalue weighted by Crippen LogP contribution is -2.06. The summed E-state index contributed by atoms with van der Waals surface area (Å²) in [6.45, 7) is 0.478. The zero-order chi connectivity index (χ0) is 18.4. The molecule has 2 N–H and O–H groups in total. The van der Waals surface area contributed by atoms with Gasteiger partial charge in [-0.15, -0.1) is 5.10 Å². The summed E-state index contributed by atoms with van der Waals surface area (Å²) in [5.41, 5.74) is 2.07. The Morgan fingerprint density at radius 3 is 2.54 bits per heavy atom. The molecule has 0 amide bonds. The van der Waals surface area contributed by atoms with Crippen LogP contribution in [-0.4, -0.2) is 28.3 Å². The molecule has 0 fully saturated rings. The summed E-state index contributed by atoms with van der Waals surface area (Å²) < 4.78 is 17.6. The number of hydrogen-bond donors (Lipinski definition) is 2. The quantitative estimate of drug-likeness (QED) is 0.658. The first-order valence-corrected chi connectivity index (χ1v) is 7.77. The van der Waals surface area contributed by atoms with E-state index in [2.05, 4.69) is 30.6 Å². The van der Waals surface area contributed by atoms with Crippen molar-refractivity contribution in [3.05, 3.63) is 71.7 Å². The second kappa shape index (κ2) is 8.02. The minimum atomic E-state index is -0.401. The summed E-state index contributed by atoms with van der Waals surface area (Å²) in [4.78, 5) is 15.7. The van der Waals surface area contributed by atoms with Crippen LogP contribution >= 0.6 is 0 Å². The van der Waals surface area contributed by atoms with Gasteiger partial charge in [0.1, 0.15) is 5.82 Å². The number of carbonyl (C=O) groups is 1. The van der Waals surface area contributed by atoms with Crippen LogP contribution in [0.2, 0.25) is 0 Å². The van der Waals surface area contributed by atoms with Gasteiger partial charge in [-0.05, 0) is 42.0 Å². The van der Waals surface area contributed by atoms with E-state index in [0.29, 0.717) is 29.6 Å². The Balaban J connectivity index is 1.63. The third kappa shape index (κ3) is 4.50. The van der Waals surface area contributed by atoms with Crippen molar-refractivity contribution in [3.8, 4) is 0 Å². The molecular weight excluding hydrogens is 337 g/mol. The molecule has 3 rings (SSSR count). The second-order valence-electron chi connectivity index (χ2n) is 5.34. The van der Waals surface area contributed by atoms with Crippen LogP contribution in [0, 0.1) is 5.82 Å². The molecule has 0 radical (unpaired) electrons. The lowest BCUT2D eigenvalue weighted by Gasteiger charge is -2.08. The fourth-order valence-electron chi connectivity index (χ4n) is 2.17. The number of halogens is 1. The lowest BCUT2D eigenvalue weighted by molar-refractivity contribution is 0.0601. The van der Waals surface area contributed by atoms with Crippen molar-refractivity contribution < 1.29 is 13.9 Å². The number of anilines is 3. The van der Waals surface area contributed by atoms with E-state index in [9.17, 15) is 9.18 Å². The maximum absolute atomic E-state index is 12.9. The Morgan fingerprint density at radius 2 is 1.85 bits per heavy atom. The van der Waals surface area contributed by atoms with Gasteiger partial charge in [-0.3, -0.25) is 0 Å². The molecule has 0 unspecified atom stereocenters. The monoisotopic (exact) mass is 353 g/mol. The van der Waals surface area contributed by atoms with E-state index in [1.165, 1.54) is 25.4 Å². The molecule has 0 spiro atoms. The Labute approximate surface area is 149 Å². The largest absolute Gasteiger partial charge is 0.465 e. The van der Waals surface area contributed by atoms with Crippen LogP contribution in [0.25, 0.3) is 0 Å². The standard InChI is InChI=1S/C18H16FN5O2/c1-26-17(25)13-4-8-15(9-5-13)22-18-23-16(11-21-24-18)20-10-12-2-6-14(19)7-3-12/h2-9,11H,10H2,1H3,(H2,20,22,23,24). The third-order valence-electron chi connectivity index (χ3n) is 3.51. The summed E-state index contributed by atoms with van der Waals surface area (Å²) in [5.74, 6) is 0.154. The molecule has 1 aromatic heterocycles. The Kier molecular flexibility index (Phi) is 5.33. The number of esters is 1. The molecule has 0 aliphatic carbocycles. The minimum absolute atomic E-state index is 0.276. The fourth-order valence-corrected chi connectivity index (χ4v) is 2.17. The number of hydrogen-bond acceptors (Lipinski definition) is 7. The molecule has 1 heterocycles. The van der Waals surface area contributed by atoms with Crippen LogP contribution in [0.15, 0.2) is 54.7 Å². The zero-order valence-corrected chi connectivity index (χ0v) is 13.9. The van der Waals surface area contributed by atoms with Gasteiger partial charge in [-0.25, -0.2) is 9.18 Å². The molecule has 8 heteroatoms. The molecule has 26 heavy (non-hydrogen) atoms. The molecule has 7 nitrogen and oxygen atoms in total. The number of ether oxygens (including phenoxy) is 1. The molecule has 0 saturated carbocycles. The lowest BCUT2D eigenvalue weighted by atomic mass is 10.2. The summed E-state index contributed by atoms with van der Waals surface area (Å²) in [7, 11) is 1.33. The van der Waals surface area contributed by atoms with Gasteiger partial charge < -0.3 is 15.4 Å². The highest BCUT2D eigenvalue weighted by Gasteiger charge is 2.06. The van der Waals surface area contributed by atoms with Gasteiger partial charge in [0.05, 0.1) is 18.9 Å². The first kappa shape index (κ1) is 17.3. The van der Waals surface area contributed by atoms with Gasteiger partial charge in [0, 0.05) is 12.2 Å². The van der Waals surface area contributed by atoms with Crippen molar-refractivity contribution >= 4 is 23.4 Å². The number of aromatic nitrogens is 3. The van der Waals surface area contributed by atoms with E-state index in [1.54, 1.807) is 36.4 Å². The smallest absolute Gasteiger partial charge is 0.337 e. The summed E-state index contributed by atoms with van der Waals surface area (Å²) in [6.07, 6.45) is 1.50. The number of carbonyl (C=O) groups excluding carboxylic acids is 1. The topological polar surface area (TPSA) is 89.0 Å². The van der Waals surface area contributed by atoms with Crippen LogP contribution in [0.3, 0.4) is 0 Å². The van der Waals surface area contributed by atoms with E-state index in [0.717, 1.165) is 5.56 Å². The summed E-state index contributed by atoms with van der Waals surface area (Å²) >= 11 is 0. The highest BCUT2D eigenvalue weighted by molar-refractivity contribution is 5.89. The molecule has 0 bridgehead atoms. The number of nitrogens with zero attached hydrogens (tertiary/aromatic N) is 3. The van der Waals surface area contributed by atoms with E-state index < -0.39 is 5.97 Å². The van der Waals surface area contributed by atoms with Crippen LogP contribution < -0.4 is 10.6 Å². The summed E-state index contributed by atoms with van der Waals surface area (Å²) in [6, 6.07) is 12.9. The van der Waals surface area contributed by atoms with E-state index in [1.807, 2.05) is 0 Å². The number of nitrogens with one attached hydrogen (secondary N) is 2. The van der Waals surface area contributed by atoms with Gasteiger partial charge in [-0.2, -0.15) is 10.1 Å². The SMILES string of the molecule is COC(=O)c1ccc(Nc2nncc(NCc3ccc(F)cc3)n2)cc1. The molecule has 0 saturated heterocycles. The van der Waals surface area contributed by atoms with Gasteiger partial charge in [-0.1, -0.05) is 12.1 Å². The van der Waals surface area contributed by atoms with Gasteiger partial charge >= 0.3 is 5.97 Å². The molecule has 3 aromatic rings. The molecular formula is C18H16FN5O2. The Bertz CT molecular complexity index is 885. The molecule has 2 aromatic carbocycles. The number of methoxy groups -OCH3 is 1. The highest BCUT2D eigenvalue weighted by Crippen LogP contribution is 2.15. The first-order valence-electron chi connectivity index (χ1n) is 7.77. The van der Waals surface area contributed by atoms with Gasteiger partial charge in [0.15, 0.2) is 5.82 Å². The normalized spacial score (nSPS) is 10.2. The maximum Gasteiger partial charge on any atom is 0.337 e. The van der Waals surface area contributed by atoms with Crippen molar-refractivity contribution in [2.45, 2.75) is 6.54 Å². The van der Waals surface area contributed by atoms with Crippen LogP contribution in [0.5, 0.6) is 0 Å². The Morgan fingerprint density at radius 1 is 1.12 bits per heavy atom. The van der Waals surface area contributed by atoms with Crippen molar-refractivity contribution in [2.75, 3.05) is 17.7 Å². The molecule has 0 aliphatic rings. The number of benzene rings is 2. The summed E-state index contributed by atoms with van der Waals surface area (Å²) in [5, 5.41) is 13.9. The van der Waals surface area contributed by atoms with Crippen LogP contribution in [-0.2, 0) is 11.3 Å². The average Bonchev–Trinajstić information content (AvgIpc) is 2.68. The fraction of sp³-hybridized carbons (Fsp3) is 0.111.